The lowest BCUT2D eigenvalue weighted by molar-refractivity contribution is 0.0922. The van der Waals surface area contributed by atoms with Crippen LogP contribution in [0.5, 0.6) is 0 Å². The number of imidazole rings is 1. The maximum Gasteiger partial charge on any atom is 0.255 e. The predicted molar refractivity (Wildman–Crippen MR) is 97.3 cm³/mol. The van der Waals surface area contributed by atoms with Crippen LogP contribution >= 0.6 is 0 Å². The average Bonchev–Trinajstić information content (AvgIpc) is 3.01. The van der Waals surface area contributed by atoms with Gasteiger partial charge in [0.15, 0.2) is 0 Å². The molecule has 1 aromatic carbocycles. The van der Waals surface area contributed by atoms with Crippen LogP contribution in [0.1, 0.15) is 54.4 Å². The number of carbonyl (C=O) groups is 1. The molecule has 0 saturated carbocycles. The topological polar surface area (TPSA) is 83.6 Å². The van der Waals surface area contributed by atoms with Gasteiger partial charge in [0.05, 0.1) is 22.6 Å². The number of carbonyl (C=O) groups excluding carboxylic acids is 1. The molecule has 6 heteroatoms. The Hall–Kier alpha value is -2.76. The van der Waals surface area contributed by atoms with Crippen LogP contribution in [0.3, 0.4) is 0 Å². The third kappa shape index (κ3) is 3.68. The highest BCUT2D eigenvalue weighted by Crippen LogP contribution is 2.23. The van der Waals surface area contributed by atoms with Gasteiger partial charge >= 0.3 is 0 Å². The first-order chi connectivity index (χ1) is 12.0. The molecule has 0 aliphatic rings. The van der Waals surface area contributed by atoms with E-state index in [0.29, 0.717) is 5.56 Å². The molecule has 0 fully saturated rings. The van der Waals surface area contributed by atoms with E-state index in [1.54, 1.807) is 12.4 Å². The van der Waals surface area contributed by atoms with Crippen LogP contribution in [0.15, 0.2) is 30.6 Å². The van der Waals surface area contributed by atoms with Crippen molar-refractivity contribution in [2.45, 2.75) is 40.2 Å². The number of nitrogens with zero attached hydrogens (tertiary/aromatic N) is 3. The summed E-state index contributed by atoms with van der Waals surface area (Å²) in [6.45, 7) is 8.13. The zero-order valence-electron chi connectivity index (χ0n) is 15.0. The van der Waals surface area contributed by atoms with Gasteiger partial charge in [-0.15, -0.1) is 0 Å². The number of aryl methyl sites for hydroxylation is 2. The van der Waals surface area contributed by atoms with Gasteiger partial charge in [-0.3, -0.25) is 4.79 Å². The van der Waals surface area contributed by atoms with Crippen molar-refractivity contribution in [1.29, 1.82) is 0 Å². The Morgan fingerprint density at radius 2 is 1.96 bits per heavy atom. The van der Waals surface area contributed by atoms with Gasteiger partial charge in [-0.05, 0) is 30.5 Å². The summed E-state index contributed by atoms with van der Waals surface area (Å²) in [7, 11) is 0. The standard InChI is InChI=1S/C19H23N5O/c1-5-16-20-9-13(10-21-16)19(25)24-17(11(2)3)18-22-14-7-6-12(4)8-15(14)23-18/h6-11,17H,5H2,1-4H3,(H,22,23)(H,24,25). The molecule has 2 heterocycles. The monoisotopic (exact) mass is 337 g/mol. The summed E-state index contributed by atoms with van der Waals surface area (Å²) >= 11 is 0. The molecule has 3 rings (SSSR count). The Morgan fingerprint density at radius 1 is 1.24 bits per heavy atom. The largest absolute Gasteiger partial charge is 0.342 e. The van der Waals surface area contributed by atoms with Crippen LogP contribution in [-0.4, -0.2) is 25.8 Å². The molecule has 130 valence electrons. The zero-order chi connectivity index (χ0) is 18.0. The van der Waals surface area contributed by atoms with E-state index in [2.05, 4.69) is 45.2 Å². The Labute approximate surface area is 147 Å². The highest BCUT2D eigenvalue weighted by Gasteiger charge is 2.22. The smallest absolute Gasteiger partial charge is 0.255 e. The van der Waals surface area contributed by atoms with Gasteiger partial charge < -0.3 is 10.3 Å². The van der Waals surface area contributed by atoms with Crippen LogP contribution in [0.2, 0.25) is 0 Å². The molecule has 0 aliphatic carbocycles. The molecule has 0 bridgehead atoms. The van der Waals surface area contributed by atoms with Crippen molar-refractivity contribution in [3.8, 4) is 0 Å². The number of hydrogen-bond acceptors (Lipinski definition) is 4. The van der Waals surface area contributed by atoms with E-state index in [9.17, 15) is 4.79 Å². The number of hydrogen-bond donors (Lipinski definition) is 2. The maximum absolute atomic E-state index is 12.6. The third-order valence-corrected chi connectivity index (χ3v) is 4.19. The maximum atomic E-state index is 12.6. The number of aromatic nitrogens is 4. The van der Waals surface area contributed by atoms with Gasteiger partial charge in [0.25, 0.3) is 5.91 Å². The van der Waals surface area contributed by atoms with Crippen molar-refractivity contribution >= 4 is 16.9 Å². The molecule has 25 heavy (non-hydrogen) atoms. The molecule has 1 atom stereocenters. The van der Waals surface area contributed by atoms with Crippen molar-refractivity contribution in [1.82, 2.24) is 25.3 Å². The van der Waals surface area contributed by atoms with E-state index in [1.165, 1.54) is 5.56 Å². The van der Waals surface area contributed by atoms with Crippen LogP contribution in [-0.2, 0) is 6.42 Å². The number of H-pyrrole nitrogens is 1. The van der Waals surface area contributed by atoms with Gasteiger partial charge in [0, 0.05) is 18.8 Å². The van der Waals surface area contributed by atoms with Crippen molar-refractivity contribution in [2.24, 2.45) is 5.92 Å². The third-order valence-electron chi connectivity index (χ3n) is 4.19. The molecule has 0 saturated heterocycles. The fraction of sp³-hybridized carbons (Fsp3) is 0.368. The SMILES string of the molecule is CCc1ncc(C(=O)NC(c2nc3ccc(C)cc3[nH]2)C(C)C)cn1. The molecule has 1 amide bonds. The van der Waals surface area contributed by atoms with Crippen LogP contribution in [0.25, 0.3) is 11.0 Å². The van der Waals surface area contributed by atoms with E-state index < -0.39 is 0 Å². The van der Waals surface area contributed by atoms with Crippen LogP contribution in [0, 0.1) is 12.8 Å². The Morgan fingerprint density at radius 3 is 2.60 bits per heavy atom. The normalized spacial score (nSPS) is 12.5. The van der Waals surface area contributed by atoms with E-state index >= 15 is 0 Å². The van der Waals surface area contributed by atoms with E-state index in [-0.39, 0.29) is 17.9 Å². The molecule has 0 radical (unpaired) electrons. The number of nitrogens with one attached hydrogen (secondary N) is 2. The van der Waals surface area contributed by atoms with Crippen molar-refractivity contribution < 1.29 is 4.79 Å². The second kappa shape index (κ2) is 7.01. The summed E-state index contributed by atoms with van der Waals surface area (Å²) in [5, 5.41) is 3.05. The number of rotatable bonds is 5. The van der Waals surface area contributed by atoms with Gasteiger partial charge in [-0.2, -0.15) is 0 Å². The first-order valence-corrected chi connectivity index (χ1v) is 8.56. The van der Waals surface area contributed by atoms with Gasteiger partial charge in [-0.25, -0.2) is 15.0 Å². The lowest BCUT2D eigenvalue weighted by Gasteiger charge is -2.20. The van der Waals surface area contributed by atoms with E-state index in [0.717, 1.165) is 29.1 Å². The highest BCUT2D eigenvalue weighted by molar-refractivity contribution is 5.93. The predicted octanol–water partition coefficient (Wildman–Crippen LogP) is 3.35. The lowest BCUT2D eigenvalue weighted by Crippen LogP contribution is -2.32. The second-order valence-electron chi connectivity index (χ2n) is 6.58. The minimum Gasteiger partial charge on any atom is -0.342 e. The minimum absolute atomic E-state index is 0.182. The summed E-state index contributed by atoms with van der Waals surface area (Å²) in [4.78, 5) is 28.9. The number of fused-ring (bicyclic) bond motifs is 1. The minimum atomic E-state index is -0.217. The second-order valence-corrected chi connectivity index (χ2v) is 6.58. The quantitative estimate of drug-likeness (QED) is 0.748. The fourth-order valence-electron chi connectivity index (χ4n) is 2.72. The Kier molecular flexibility index (Phi) is 4.79. The molecule has 2 aromatic heterocycles. The number of amides is 1. The Balaban J connectivity index is 1.85. The van der Waals surface area contributed by atoms with Crippen molar-refractivity contribution in [3.63, 3.8) is 0 Å². The van der Waals surface area contributed by atoms with E-state index in [4.69, 9.17) is 0 Å². The molecular weight excluding hydrogens is 314 g/mol. The first kappa shape index (κ1) is 17.1. The summed E-state index contributed by atoms with van der Waals surface area (Å²) in [6.07, 6.45) is 3.88. The lowest BCUT2D eigenvalue weighted by atomic mass is 10.0. The van der Waals surface area contributed by atoms with Crippen molar-refractivity contribution in [3.05, 3.63) is 53.4 Å². The summed E-state index contributed by atoms with van der Waals surface area (Å²) in [5.74, 6) is 1.47. The molecule has 2 N–H and O–H groups in total. The molecule has 1 unspecified atom stereocenters. The zero-order valence-corrected chi connectivity index (χ0v) is 15.0. The average molecular weight is 337 g/mol. The molecule has 0 spiro atoms. The summed E-state index contributed by atoms with van der Waals surface area (Å²) < 4.78 is 0. The molecular formula is C19H23N5O. The fourth-order valence-corrected chi connectivity index (χ4v) is 2.72. The molecule has 0 aliphatic heterocycles. The molecule has 3 aromatic rings. The van der Waals surface area contributed by atoms with Gasteiger partial charge in [0.2, 0.25) is 0 Å². The van der Waals surface area contributed by atoms with Gasteiger partial charge in [-0.1, -0.05) is 26.8 Å². The molecule has 6 nitrogen and oxygen atoms in total. The van der Waals surface area contributed by atoms with Crippen LogP contribution < -0.4 is 5.32 Å². The van der Waals surface area contributed by atoms with Crippen molar-refractivity contribution in [2.75, 3.05) is 0 Å². The first-order valence-electron chi connectivity index (χ1n) is 8.56. The summed E-state index contributed by atoms with van der Waals surface area (Å²) in [6, 6.07) is 5.86. The highest BCUT2D eigenvalue weighted by atomic mass is 16.1. The Bertz CT molecular complexity index is 882. The van der Waals surface area contributed by atoms with Gasteiger partial charge in [0.1, 0.15) is 11.6 Å². The van der Waals surface area contributed by atoms with E-state index in [1.807, 2.05) is 26.0 Å². The summed E-state index contributed by atoms with van der Waals surface area (Å²) in [5.41, 5.74) is 3.50. The van der Waals surface area contributed by atoms with Crippen LogP contribution in [0.4, 0.5) is 0 Å². The number of benzene rings is 1. The number of aromatic amines is 1.